The van der Waals surface area contributed by atoms with E-state index < -0.39 is 23.9 Å². The fourth-order valence-electron chi connectivity index (χ4n) is 6.65. The van der Waals surface area contributed by atoms with Crippen LogP contribution in [0.3, 0.4) is 0 Å². The minimum Gasteiger partial charge on any atom is -0.393 e. The zero-order valence-electron chi connectivity index (χ0n) is 20.0. The van der Waals surface area contributed by atoms with E-state index in [0.29, 0.717) is 37.0 Å². The van der Waals surface area contributed by atoms with Crippen molar-refractivity contribution in [3.8, 4) is 0 Å². The Bertz CT molecular complexity index is 715. The third-order valence-corrected chi connectivity index (χ3v) is 8.70. The van der Waals surface area contributed by atoms with Crippen LogP contribution in [-0.4, -0.2) is 44.3 Å². The van der Waals surface area contributed by atoms with E-state index in [0.717, 1.165) is 24.0 Å². The molecule has 4 nitrogen and oxygen atoms in total. The molecule has 0 heterocycles. The van der Waals surface area contributed by atoms with Crippen molar-refractivity contribution >= 4 is 0 Å². The summed E-state index contributed by atoms with van der Waals surface area (Å²) in [6, 6.07) is 0. The highest BCUT2D eigenvalue weighted by molar-refractivity contribution is 5.38. The van der Waals surface area contributed by atoms with Crippen LogP contribution in [-0.2, 0) is 0 Å². The smallest absolute Gasteiger partial charge is 0.0849 e. The first-order valence-corrected chi connectivity index (χ1v) is 12.3. The quantitative estimate of drug-likeness (QED) is 0.491. The molecule has 3 aliphatic carbocycles. The lowest BCUT2D eigenvalue weighted by molar-refractivity contribution is -0.0554. The van der Waals surface area contributed by atoms with Crippen LogP contribution in [0.15, 0.2) is 35.5 Å². The molecule has 0 aromatic rings. The summed E-state index contributed by atoms with van der Waals surface area (Å²) in [7, 11) is 0. The third-order valence-electron chi connectivity index (χ3n) is 8.70. The van der Waals surface area contributed by atoms with Gasteiger partial charge in [0.2, 0.25) is 0 Å². The summed E-state index contributed by atoms with van der Waals surface area (Å²) in [6.45, 7) is 12.2. The second-order valence-corrected chi connectivity index (χ2v) is 11.4. The SMILES string of the molecule is C=C1/C(=C\C=C2CCC[C@@]3(C)C2CC[C@@H]3[C@H](C)CC[C@@H](O)C(C)(C)O)C[C@@H](O)CC1O. The lowest BCUT2D eigenvalue weighted by Gasteiger charge is -2.44. The van der Waals surface area contributed by atoms with E-state index in [1.165, 1.54) is 31.3 Å². The number of rotatable bonds is 6. The molecule has 7 atom stereocenters. The lowest BCUT2D eigenvalue weighted by Crippen LogP contribution is -2.38. The fourth-order valence-corrected chi connectivity index (χ4v) is 6.65. The Labute approximate surface area is 188 Å². The van der Waals surface area contributed by atoms with Gasteiger partial charge in [-0.1, -0.05) is 38.2 Å². The molecule has 3 rings (SSSR count). The number of allylic oxidation sites excluding steroid dienone is 3. The highest BCUT2D eigenvalue weighted by Crippen LogP contribution is 2.60. The summed E-state index contributed by atoms with van der Waals surface area (Å²) in [5.74, 6) is 1.74. The highest BCUT2D eigenvalue weighted by Gasteiger charge is 2.50. The van der Waals surface area contributed by atoms with Crippen LogP contribution in [0.1, 0.15) is 85.5 Å². The van der Waals surface area contributed by atoms with E-state index in [4.69, 9.17) is 0 Å². The maximum absolute atomic E-state index is 10.3. The van der Waals surface area contributed by atoms with Crippen LogP contribution in [0.4, 0.5) is 0 Å². The molecule has 4 heteroatoms. The van der Waals surface area contributed by atoms with Crippen molar-refractivity contribution in [2.75, 3.05) is 0 Å². The number of aliphatic hydroxyl groups is 4. The fraction of sp³-hybridized carbons (Fsp3) is 0.778. The van der Waals surface area contributed by atoms with Gasteiger partial charge in [0.25, 0.3) is 0 Å². The molecule has 0 amide bonds. The summed E-state index contributed by atoms with van der Waals surface area (Å²) in [5.41, 5.74) is 2.48. The molecule has 31 heavy (non-hydrogen) atoms. The second kappa shape index (κ2) is 9.51. The molecule has 176 valence electrons. The van der Waals surface area contributed by atoms with Crippen LogP contribution < -0.4 is 0 Å². The number of hydrogen-bond acceptors (Lipinski definition) is 4. The van der Waals surface area contributed by atoms with Crippen LogP contribution in [0, 0.1) is 23.2 Å². The standard InChI is InChI=1S/C27H44O4/c1-17(8-13-25(30)26(3,4)31)22-11-12-23-19(7-6-14-27(22,23)5)9-10-20-15-21(28)16-24(29)18(20)2/h9-10,17,21-25,28-31H,2,6-8,11-16H2,1,3-5H3/b19-9?,20-10-/t17-,21-,22-,23?,24?,25-,27-/m1/s1. The number of hydrogen-bond donors (Lipinski definition) is 4. The van der Waals surface area contributed by atoms with E-state index in [9.17, 15) is 20.4 Å². The summed E-state index contributed by atoms with van der Waals surface area (Å²) < 4.78 is 0. The lowest BCUT2D eigenvalue weighted by atomic mass is 9.60. The molecule has 0 spiro atoms. The van der Waals surface area contributed by atoms with Gasteiger partial charge in [0.1, 0.15) is 0 Å². The Hall–Kier alpha value is -0.940. The summed E-state index contributed by atoms with van der Waals surface area (Å²) >= 11 is 0. The second-order valence-electron chi connectivity index (χ2n) is 11.4. The van der Waals surface area contributed by atoms with E-state index in [1.807, 2.05) is 0 Å². The van der Waals surface area contributed by atoms with Crippen molar-refractivity contribution in [1.29, 1.82) is 0 Å². The van der Waals surface area contributed by atoms with E-state index in [2.05, 4.69) is 32.6 Å². The number of fused-ring (bicyclic) bond motifs is 1. The van der Waals surface area contributed by atoms with Crippen molar-refractivity contribution in [3.05, 3.63) is 35.5 Å². The van der Waals surface area contributed by atoms with Crippen LogP contribution in [0.2, 0.25) is 0 Å². The van der Waals surface area contributed by atoms with E-state index in [1.54, 1.807) is 13.8 Å². The third kappa shape index (κ3) is 5.35. The van der Waals surface area contributed by atoms with Crippen molar-refractivity contribution in [2.24, 2.45) is 23.2 Å². The molecule has 0 radical (unpaired) electrons. The van der Waals surface area contributed by atoms with Gasteiger partial charge in [-0.05, 0) is 99.5 Å². The van der Waals surface area contributed by atoms with Gasteiger partial charge >= 0.3 is 0 Å². The summed E-state index contributed by atoms with van der Waals surface area (Å²) in [5, 5.41) is 40.5. The van der Waals surface area contributed by atoms with Crippen LogP contribution in [0.5, 0.6) is 0 Å². The molecule has 0 bridgehead atoms. The largest absolute Gasteiger partial charge is 0.393 e. The predicted octanol–water partition coefficient (Wildman–Crippen LogP) is 4.68. The Balaban J connectivity index is 1.71. The molecule has 4 N–H and O–H groups in total. The van der Waals surface area contributed by atoms with Gasteiger partial charge in [-0.2, -0.15) is 0 Å². The van der Waals surface area contributed by atoms with Gasteiger partial charge in [0.05, 0.1) is 23.9 Å². The molecule has 0 saturated heterocycles. The topological polar surface area (TPSA) is 80.9 Å². The van der Waals surface area contributed by atoms with Gasteiger partial charge < -0.3 is 20.4 Å². The maximum atomic E-state index is 10.3. The van der Waals surface area contributed by atoms with Gasteiger partial charge in [0.15, 0.2) is 0 Å². The van der Waals surface area contributed by atoms with Crippen LogP contribution >= 0.6 is 0 Å². The average Bonchev–Trinajstić information content (AvgIpc) is 3.04. The van der Waals surface area contributed by atoms with Gasteiger partial charge in [-0.3, -0.25) is 0 Å². The monoisotopic (exact) mass is 432 g/mol. The minimum atomic E-state index is -1.04. The molecule has 0 aliphatic heterocycles. The molecule has 2 unspecified atom stereocenters. The molecular weight excluding hydrogens is 388 g/mol. The van der Waals surface area contributed by atoms with Crippen molar-refractivity contribution in [3.63, 3.8) is 0 Å². The average molecular weight is 433 g/mol. The number of aliphatic hydroxyl groups excluding tert-OH is 3. The molecule has 3 saturated carbocycles. The Morgan fingerprint density at radius 2 is 1.90 bits per heavy atom. The Morgan fingerprint density at radius 3 is 2.58 bits per heavy atom. The summed E-state index contributed by atoms with van der Waals surface area (Å²) in [4.78, 5) is 0. The predicted molar refractivity (Wildman–Crippen MR) is 125 cm³/mol. The Kier molecular flexibility index (Phi) is 7.57. The molecule has 3 aliphatic rings. The van der Waals surface area contributed by atoms with Crippen LogP contribution in [0.25, 0.3) is 0 Å². The normalized spacial score (nSPS) is 39.0. The summed E-state index contributed by atoms with van der Waals surface area (Å²) in [6.07, 6.45) is 11.1. The molecule has 0 aromatic carbocycles. The first-order valence-electron chi connectivity index (χ1n) is 12.3. The van der Waals surface area contributed by atoms with E-state index >= 15 is 0 Å². The first-order chi connectivity index (χ1) is 14.4. The highest BCUT2D eigenvalue weighted by atomic mass is 16.3. The maximum Gasteiger partial charge on any atom is 0.0849 e. The zero-order chi connectivity index (χ0) is 23.0. The van der Waals surface area contributed by atoms with Crippen molar-refractivity contribution < 1.29 is 20.4 Å². The van der Waals surface area contributed by atoms with Crippen molar-refractivity contribution in [2.45, 2.75) is 109 Å². The Morgan fingerprint density at radius 1 is 1.19 bits per heavy atom. The van der Waals surface area contributed by atoms with Crippen molar-refractivity contribution in [1.82, 2.24) is 0 Å². The van der Waals surface area contributed by atoms with Gasteiger partial charge in [-0.25, -0.2) is 0 Å². The van der Waals surface area contributed by atoms with Gasteiger partial charge in [-0.15, -0.1) is 0 Å². The zero-order valence-corrected chi connectivity index (χ0v) is 20.0. The van der Waals surface area contributed by atoms with Gasteiger partial charge in [0, 0.05) is 6.42 Å². The minimum absolute atomic E-state index is 0.282. The molecular formula is C27H44O4. The molecule has 3 fully saturated rings. The molecule has 0 aromatic heterocycles. The first kappa shape index (κ1) is 24.7. The van der Waals surface area contributed by atoms with E-state index in [-0.39, 0.29) is 5.41 Å².